The van der Waals surface area contributed by atoms with Crippen LogP contribution in [-0.4, -0.2) is 36.5 Å². The molecule has 6 heteroatoms. The molecule has 1 aromatic rings. The molecule has 1 fully saturated rings. The molecular weight excluding hydrogens is 354 g/mol. The number of anilines is 1. The van der Waals surface area contributed by atoms with E-state index in [0.717, 1.165) is 35.2 Å². The van der Waals surface area contributed by atoms with Gasteiger partial charge in [0.15, 0.2) is 0 Å². The number of benzene rings is 1. The molecule has 2 rings (SSSR count). The highest BCUT2D eigenvalue weighted by atomic mass is 79.9. The zero-order chi connectivity index (χ0) is 14.7. The van der Waals surface area contributed by atoms with Crippen molar-refractivity contribution >= 4 is 39.9 Å². The monoisotopic (exact) mass is 375 g/mol. The Morgan fingerprint density at radius 2 is 2.29 bits per heavy atom. The number of hydrogen-bond acceptors (Lipinski definition) is 3. The minimum Gasteiger partial charge on any atom is -0.328 e. The predicted molar refractivity (Wildman–Crippen MR) is 93.0 cm³/mol. The summed E-state index contributed by atoms with van der Waals surface area (Å²) in [4.78, 5) is 14.2. The Kier molecular flexibility index (Phi) is 7.13. The summed E-state index contributed by atoms with van der Waals surface area (Å²) >= 11 is 3.47. The summed E-state index contributed by atoms with van der Waals surface area (Å²) in [6.07, 6.45) is 1.08. The zero-order valence-corrected chi connectivity index (χ0v) is 14.8. The number of nitrogens with one attached hydrogen (secondary N) is 1. The van der Waals surface area contributed by atoms with Crippen LogP contribution in [0, 0.1) is 12.8 Å². The zero-order valence-electron chi connectivity index (χ0n) is 12.4. The van der Waals surface area contributed by atoms with Crippen LogP contribution in [0.5, 0.6) is 0 Å². The highest BCUT2D eigenvalue weighted by Gasteiger charge is 2.26. The van der Waals surface area contributed by atoms with Gasteiger partial charge in [-0.25, -0.2) is 0 Å². The van der Waals surface area contributed by atoms with Crippen LogP contribution in [0.1, 0.15) is 18.9 Å². The van der Waals surface area contributed by atoms with E-state index < -0.39 is 0 Å². The largest absolute Gasteiger partial charge is 0.328 e. The molecule has 0 aromatic heterocycles. The highest BCUT2D eigenvalue weighted by molar-refractivity contribution is 9.10. The van der Waals surface area contributed by atoms with E-state index in [1.165, 1.54) is 0 Å². The van der Waals surface area contributed by atoms with Gasteiger partial charge in [-0.2, -0.15) is 0 Å². The van der Waals surface area contributed by atoms with E-state index in [0.29, 0.717) is 12.5 Å². The van der Waals surface area contributed by atoms with Crippen LogP contribution in [0.25, 0.3) is 0 Å². The molecular formula is C15H23BrClN3O. The Labute approximate surface area is 141 Å². The summed E-state index contributed by atoms with van der Waals surface area (Å²) in [7, 11) is 0. The van der Waals surface area contributed by atoms with Crippen LogP contribution in [0.15, 0.2) is 22.7 Å². The molecule has 0 radical (unpaired) electrons. The van der Waals surface area contributed by atoms with E-state index in [9.17, 15) is 4.79 Å². The Hall–Kier alpha value is -0.620. The maximum absolute atomic E-state index is 12.1. The Bertz CT molecular complexity index is 496. The van der Waals surface area contributed by atoms with Crippen molar-refractivity contribution in [3.63, 3.8) is 0 Å². The topological polar surface area (TPSA) is 58.4 Å². The second-order valence-corrected chi connectivity index (χ2v) is 6.53. The number of carbonyl (C=O) groups excluding carboxylic acids is 1. The van der Waals surface area contributed by atoms with Gasteiger partial charge in [-0.3, -0.25) is 9.69 Å². The molecule has 4 nitrogen and oxygen atoms in total. The van der Waals surface area contributed by atoms with E-state index >= 15 is 0 Å². The molecule has 1 heterocycles. The Balaban J connectivity index is 0.00000220. The fourth-order valence-electron chi connectivity index (χ4n) is 2.55. The minimum absolute atomic E-state index is 0. The van der Waals surface area contributed by atoms with Crippen molar-refractivity contribution in [1.82, 2.24) is 4.90 Å². The summed E-state index contributed by atoms with van der Waals surface area (Å²) in [5, 5.41) is 2.95. The van der Waals surface area contributed by atoms with Gasteiger partial charge in [-0.1, -0.05) is 6.07 Å². The van der Waals surface area contributed by atoms with Crippen LogP contribution in [0.4, 0.5) is 5.69 Å². The lowest BCUT2D eigenvalue weighted by atomic mass is 10.0. The first-order valence-corrected chi connectivity index (χ1v) is 7.79. The fraction of sp³-hybridized carbons (Fsp3) is 0.533. The van der Waals surface area contributed by atoms with Gasteiger partial charge in [0.25, 0.3) is 0 Å². The van der Waals surface area contributed by atoms with Gasteiger partial charge in [0, 0.05) is 17.1 Å². The van der Waals surface area contributed by atoms with Gasteiger partial charge in [0.1, 0.15) is 0 Å². The molecule has 21 heavy (non-hydrogen) atoms. The number of nitrogens with two attached hydrogens (primary N) is 1. The van der Waals surface area contributed by atoms with E-state index in [-0.39, 0.29) is 24.4 Å². The number of hydrogen-bond donors (Lipinski definition) is 2. The van der Waals surface area contributed by atoms with Gasteiger partial charge in [-0.05, 0) is 66.4 Å². The summed E-state index contributed by atoms with van der Waals surface area (Å²) in [5.41, 5.74) is 7.90. The third-order valence-corrected chi connectivity index (χ3v) is 4.47. The van der Waals surface area contributed by atoms with Gasteiger partial charge in [0.05, 0.1) is 12.2 Å². The number of likely N-dealkylation sites (tertiary alicyclic amines) is 1. The van der Waals surface area contributed by atoms with Crippen LogP contribution >= 0.6 is 28.3 Å². The number of halogens is 2. The molecule has 1 aliphatic heterocycles. The van der Waals surface area contributed by atoms with Crippen molar-refractivity contribution in [2.24, 2.45) is 11.7 Å². The van der Waals surface area contributed by atoms with Crippen molar-refractivity contribution in [1.29, 1.82) is 0 Å². The molecule has 2 unspecified atom stereocenters. The summed E-state index contributed by atoms with van der Waals surface area (Å²) < 4.78 is 0.917. The van der Waals surface area contributed by atoms with Gasteiger partial charge in [-0.15, -0.1) is 12.4 Å². The third-order valence-electron chi connectivity index (χ3n) is 3.82. The average molecular weight is 377 g/mol. The molecule has 1 aromatic carbocycles. The molecule has 1 amide bonds. The van der Waals surface area contributed by atoms with E-state index in [2.05, 4.69) is 26.1 Å². The molecule has 0 spiro atoms. The molecule has 0 aliphatic carbocycles. The van der Waals surface area contributed by atoms with Gasteiger partial charge < -0.3 is 11.1 Å². The lowest BCUT2D eigenvalue weighted by Gasteiger charge is -2.17. The Morgan fingerprint density at radius 1 is 1.57 bits per heavy atom. The maximum Gasteiger partial charge on any atom is 0.238 e. The van der Waals surface area contributed by atoms with Crippen LogP contribution in [0.3, 0.4) is 0 Å². The number of carbonyl (C=O) groups is 1. The average Bonchev–Trinajstić information content (AvgIpc) is 2.81. The van der Waals surface area contributed by atoms with Crippen LogP contribution in [-0.2, 0) is 4.79 Å². The SMILES string of the molecule is Cc1ccc(NC(=O)CN2CCC(C(C)N)C2)c(Br)c1.Cl. The van der Waals surface area contributed by atoms with Crippen molar-refractivity contribution in [2.45, 2.75) is 26.3 Å². The Morgan fingerprint density at radius 3 is 2.86 bits per heavy atom. The summed E-state index contributed by atoms with van der Waals surface area (Å²) in [5.74, 6) is 0.536. The number of rotatable bonds is 4. The van der Waals surface area contributed by atoms with Gasteiger partial charge >= 0.3 is 0 Å². The molecule has 0 bridgehead atoms. The number of amides is 1. The standard InChI is InChI=1S/C15H22BrN3O.ClH/c1-10-3-4-14(13(16)7-10)18-15(20)9-19-6-5-12(8-19)11(2)17;/h3-4,7,11-12H,5-6,8-9,17H2,1-2H3,(H,18,20);1H. The highest BCUT2D eigenvalue weighted by Crippen LogP contribution is 2.23. The number of aryl methyl sites for hydroxylation is 1. The first-order valence-electron chi connectivity index (χ1n) is 6.99. The lowest BCUT2D eigenvalue weighted by molar-refractivity contribution is -0.117. The first kappa shape index (κ1) is 18.4. The lowest BCUT2D eigenvalue weighted by Crippen LogP contribution is -2.34. The fourth-order valence-corrected chi connectivity index (χ4v) is 3.14. The van der Waals surface area contributed by atoms with Crippen molar-refractivity contribution in [2.75, 3.05) is 25.0 Å². The predicted octanol–water partition coefficient (Wildman–Crippen LogP) is 2.79. The first-order chi connectivity index (χ1) is 9.45. The normalized spacial score (nSPS) is 19.9. The van der Waals surface area contributed by atoms with Crippen molar-refractivity contribution in [3.05, 3.63) is 28.2 Å². The minimum atomic E-state index is 0. The second-order valence-electron chi connectivity index (χ2n) is 5.67. The molecule has 118 valence electrons. The van der Waals surface area contributed by atoms with E-state index in [4.69, 9.17) is 5.73 Å². The third kappa shape index (κ3) is 5.25. The van der Waals surface area contributed by atoms with Crippen molar-refractivity contribution in [3.8, 4) is 0 Å². The van der Waals surface area contributed by atoms with E-state index in [1.807, 2.05) is 32.0 Å². The summed E-state index contributed by atoms with van der Waals surface area (Å²) in [6.45, 7) is 6.37. The van der Waals surface area contributed by atoms with Crippen LogP contribution < -0.4 is 11.1 Å². The quantitative estimate of drug-likeness (QED) is 0.849. The van der Waals surface area contributed by atoms with Crippen molar-refractivity contribution < 1.29 is 4.79 Å². The maximum atomic E-state index is 12.1. The summed E-state index contributed by atoms with van der Waals surface area (Å²) in [6, 6.07) is 6.11. The number of nitrogens with zero attached hydrogens (tertiary/aromatic N) is 1. The van der Waals surface area contributed by atoms with Gasteiger partial charge in [0.2, 0.25) is 5.91 Å². The smallest absolute Gasteiger partial charge is 0.238 e. The van der Waals surface area contributed by atoms with Crippen LogP contribution in [0.2, 0.25) is 0 Å². The molecule has 2 atom stereocenters. The van der Waals surface area contributed by atoms with E-state index in [1.54, 1.807) is 0 Å². The molecule has 3 N–H and O–H groups in total. The molecule has 1 aliphatic rings. The molecule has 0 saturated carbocycles. The molecule has 1 saturated heterocycles. The second kappa shape index (κ2) is 8.13.